The third kappa shape index (κ3) is 4.44. The molecule has 0 radical (unpaired) electrons. The Bertz CT molecular complexity index is 2350. The van der Waals surface area contributed by atoms with Gasteiger partial charge in [0.25, 0.3) is 0 Å². The molecule has 2 atom stereocenters. The third-order valence-corrected chi connectivity index (χ3v) is 12.7. The number of halogens is 2. The van der Waals surface area contributed by atoms with E-state index >= 15 is 0 Å². The summed E-state index contributed by atoms with van der Waals surface area (Å²) < 4.78 is 12.9. The minimum atomic E-state index is -0.773. The number of allylic oxidation sites excluding steroid dienone is 2. The van der Waals surface area contributed by atoms with Crippen LogP contribution in [-0.2, 0) is 19.2 Å². The van der Waals surface area contributed by atoms with Crippen LogP contribution in [0.5, 0.6) is 0 Å². The second kappa shape index (κ2) is 11.7. The van der Waals surface area contributed by atoms with E-state index in [2.05, 4.69) is 121 Å². The molecule has 0 N–H and O–H groups in total. The fraction of sp³-hybridized carbons (Fsp3) is 0.0476. The van der Waals surface area contributed by atoms with Crippen molar-refractivity contribution in [1.29, 1.82) is 0 Å². The van der Waals surface area contributed by atoms with Crippen LogP contribution in [0.3, 0.4) is 0 Å². The van der Waals surface area contributed by atoms with Gasteiger partial charge in [-0.3, -0.25) is 0 Å². The van der Waals surface area contributed by atoms with Gasteiger partial charge in [-0.1, -0.05) is 0 Å². The third-order valence-electron chi connectivity index (χ3n) is 9.77. The number of rotatable bonds is 4. The second-order valence-electron chi connectivity index (χ2n) is 12.0. The van der Waals surface area contributed by atoms with E-state index in [0.29, 0.717) is 0 Å². The molecule has 10 rings (SSSR count). The smallest absolute Gasteiger partial charge is 1.00 e. The molecule has 47 heavy (non-hydrogen) atoms. The van der Waals surface area contributed by atoms with Crippen LogP contribution in [-0.4, -0.2) is 0 Å². The Morgan fingerprint density at radius 3 is 1.09 bits per heavy atom. The summed E-state index contributed by atoms with van der Waals surface area (Å²) in [5.41, 5.74) is 8.19. The van der Waals surface area contributed by atoms with Gasteiger partial charge in [0.15, 0.2) is 0 Å². The Morgan fingerprint density at radius 1 is 0.383 bits per heavy atom. The number of hydrogen-bond donors (Lipinski definition) is 0. The van der Waals surface area contributed by atoms with Crippen molar-refractivity contribution in [1.82, 2.24) is 0 Å². The van der Waals surface area contributed by atoms with E-state index in [-0.39, 0.29) is 33.3 Å². The first-order valence-electron chi connectivity index (χ1n) is 15.5. The van der Waals surface area contributed by atoms with Crippen molar-refractivity contribution in [3.05, 3.63) is 168 Å². The zero-order valence-electron chi connectivity index (χ0n) is 25.1. The van der Waals surface area contributed by atoms with Crippen LogP contribution in [0.4, 0.5) is 0 Å². The van der Waals surface area contributed by atoms with Gasteiger partial charge in [-0.05, 0) is 0 Å². The minimum absolute atomic E-state index is 0. The van der Waals surface area contributed by atoms with Gasteiger partial charge in [-0.25, -0.2) is 0 Å². The number of furan rings is 2. The molecule has 2 aliphatic carbocycles. The van der Waals surface area contributed by atoms with E-state index in [9.17, 15) is 0 Å². The van der Waals surface area contributed by atoms with Gasteiger partial charge in [0.2, 0.25) is 0 Å². The molecule has 2 heterocycles. The van der Waals surface area contributed by atoms with Crippen LogP contribution >= 0.6 is 0 Å². The predicted molar refractivity (Wildman–Crippen MR) is 182 cm³/mol. The summed E-state index contributed by atoms with van der Waals surface area (Å²) in [7, 11) is 0. The molecule has 0 spiro atoms. The Morgan fingerprint density at radius 2 is 0.723 bits per heavy atom. The molecule has 0 amide bonds. The van der Waals surface area contributed by atoms with Crippen molar-refractivity contribution >= 4 is 66.4 Å². The van der Waals surface area contributed by atoms with Gasteiger partial charge in [0.05, 0.1) is 0 Å². The van der Waals surface area contributed by atoms with Crippen molar-refractivity contribution in [3.8, 4) is 0 Å². The van der Waals surface area contributed by atoms with Crippen LogP contribution in [0, 0.1) is 0 Å². The van der Waals surface area contributed by atoms with Crippen LogP contribution < -0.4 is 24.8 Å². The van der Waals surface area contributed by atoms with Crippen LogP contribution in [0.1, 0.15) is 42.2 Å². The van der Waals surface area contributed by atoms with E-state index < -0.39 is 19.2 Å². The Kier molecular flexibility index (Phi) is 7.51. The fourth-order valence-electron chi connectivity index (χ4n) is 7.94. The summed E-state index contributed by atoms with van der Waals surface area (Å²) in [5.74, 6) is 1.94. The Labute approximate surface area is 293 Å². The molecule has 5 heteroatoms. The molecule has 2 aliphatic rings. The van der Waals surface area contributed by atoms with Crippen molar-refractivity contribution < 1.29 is 52.8 Å². The summed E-state index contributed by atoms with van der Waals surface area (Å²) in [6.07, 6.45) is 8.49. The Balaban J connectivity index is 0.00000162. The molecule has 2 nitrogen and oxygen atoms in total. The van der Waals surface area contributed by atoms with E-state index in [1.54, 1.807) is 0 Å². The van der Waals surface area contributed by atoms with Gasteiger partial charge in [-0.2, -0.15) is 0 Å². The topological polar surface area (TPSA) is 26.3 Å². The predicted octanol–water partition coefficient (Wildman–Crippen LogP) is 5.47. The molecule has 2 unspecified atom stereocenters. The van der Waals surface area contributed by atoms with Crippen LogP contribution in [0.15, 0.2) is 143 Å². The monoisotopic (exact) mass is 680 g/mol. The maximum atomic E-state index is 6.18. The molecule has 0 bridgehead atoms. The molecular weight excluding hydrogens is 655 g/mol. The zero-order chi connectivity index (χ0) is 29.5. The van der Waals surface area contributed by atoms with Gasteiger partial charge >= 0.3 is 270 Å². The van der Waals surface area contributed by atoms with Gasteiger partial charge < -0.3 is 24.8 Å². The maximum absolute atomic E-state index is 6.18. The molecule has 6 aromatic carbocycles. The SMILES string of the molecule is C1=C(c2ccco2)[CH]([Ti+2][CH]2C(c3ccco3)=Cc3c2c2ccccc2c2ccccc32)c2c1c1ccccc1c1ccccc21.[Cl-].[Cl-]. The van der Waals surface area contributed by atoms with Gasteiger partial charge in [0.1, 0.15) is 0 Å². The zero-order valence-corrected chi connectivity index (χ0v) is 28.2. The van der Waals surface area contributed by atoms with Gasteiger partial charge in [0, 0.05) is 0 Å². The van der Waals surface area contributed by atoms with Crippen molar-refractivity contribution in [2.75, 3.05) is 0 Å². The molecular formula is C42H26Cl2O2Ti. The van der Waals surface area contributed by atoms with Crippen LogP contribution in [0.25, 0.3) is 66.4 Å². The average Bonchev–Trinajstić information content (AvgIpc) is 3.92. The summed E-state index contributed by atoms with van der Waals surface area (Å²) in [6.45, 7) is 0. The quantitative estimate of drug-likeness (QED) is 0.182. The van der Waals surface area contributed by atoms with Crippen molar-refractivity contribution in [2.45, 2.75) is 8.45 Å². The first-order valence-corrected chi connectivity index (χ1v) is 17.3. The van der Waals surface area contributed by atoms with Crippen LogP contribution in [0.2, 0.25) is 0 Å². The molecule has 0 aliphatic heterocycles. The fourth-order valence-corrected chi connectivity index (χ4v) is 11.2. The van der Waals surface area contributed by atoms with E-state index in [1.807, 2.05) is 24.7 Å². The summed E-state index contributed by atoms with van der Waals surface area (Å²) in [4.78, 5) is 0. The normalized spacial score (nSPS) is 16.3. The van der Waals surface area contributed by atoms with E-state index in [0.717, 1.165) is 11.5 Å². The average molecular weight is 681 g/mol. The Hall–Kier alpha value is -4.31. The number of benzene rings is 6. The molecule has 0 fully saturated rings. The minimum Gasteiger partial charge on any atom is -1.00 e. The van der Waals surface area contributed by atoms with E-state index in [4.69, 9.17) is 8.83 Å². The first-order chi connectivity index (χ1) is 22.3. The molecule has 0 saturated carbocycles. The largest absolute Gasteiger partial charge is 1.00 e. The standard InChI is InChI=1S/2C21H13O.2ClH.Ti/c2*1-3-8-17-15(6-1)16-7-2-4-9-18(16)20-13-14(12-19(17)20)21-10-5-11-22-21;;;/h2*1-13H;2*1H;/q;;;;+2/p-2. The summed E-state index contributed by atoms with van der Waals surface area (Å²) in [5, 5.41) is 10.6. The summed E-state index contributed by atoms with van der Waals surface area (Å²) >= 11 is -0.773. The number of hydrogen-bond acceptors (Lipinski definition) is 2. The summed E-state index contributed by atoms with van der Waals surface area (Å²) in [6, 6.07) is 44.0. The van der Waals surface area contributed by atoms with Crippen molar-refractivity contribution in [2.24, 2.45) is 0 Å². The molecule has 8 aromatic rings. The first kappa shape index (κ1) is 30.1. The second-order valence-corrected chi connectivity index (χ2v) is 14.3. The maximum Gasteiger partial charge on any atom is -1.00 e. The number of fused-ring (bicyclic) bond motifs is 12. The molecule has 0 saturated heterocycles. The molecule has 224 valence electrons. The van der Waals surface area contributed by atoms with Crippen molar-refractivity contribution in [3.63, 3.8) is 0 Å². The molecule has 2 aromatic heterocycles. The van der Waals surface area contributed by atoms with E-state index in [1.165, 1.54) is 76.5 Å². The van der Waals surface area contributed by atoms with Gasteiger partial charge in [-0.15, -0.1) is 0 Å².